The van der Waals surface area contributed by atoms with Crippen molar-refractivity contribution < 1.29 is 24.2 Å². The van der Waals surface area contributed by atoms with Gasteiger partial charge in [0.15, 0.2) is 5.60 Å². The lowest BCUT2D eigenvalue weighted by atomic mass is 9.82. The van der Waals surface area contributed by atoms with E-state index in [0.29, 0.717) is 36.5 Å². The summed E-state index contributed by atoms with van der Waals surface area (Å²) >= 11 is 0. The van der Waals surface area contributed by atoms with Crippen molar-refractivity contribution in [3.8, 4) is 5.75 Å². The van der Waals surface area contributed by atoms with Gasteiger partial charge in [-0.05, 0) is 65.4 Å². The summed E-state index contributed by atoms with van der Waals surface area (Å²) in [7, 11) is -0.763. The van der Waals surface area contributed by atoms with E-state index in [1.54, 1.807) is 23.0 Å². The third kappa shape index (κ3) is 5.74. The minimum atomic E-state index is -2.43. The molecule has 0 radical (unpaired) electrons. The van der Waals surface area contributed by atoms with E-state index >= 15 is 4.79 Å². The molecule has 4 heterocycles. The van der Waals surface area contributed by atoms with Crippen LogP contribution in [0.4, 0.5) is 17.1 Å². The molecule has 1 N–H and O–H groups in total. The van der Waals surface area contributed by atoms with Gasteiger partial charge in [0, 0.05) is 41.8 Å². The summed E-state index contributed by atoms with van der Waals surface area (Å²) in [6, 6.07) is 35.9. The Bertz CT molecular complexity index is 2550. The molecule has 0 bridgehead atoms. The number of benzene rings is 5. The number of carbonyl (C=O) groups excluding carboxylic acids is 2. The summed E-state index contributed by atoms with van der Waals surface area (Å²) in [5, 5.41) is 22.5. The van der Waals surface area contributed by atoms with Gasteiger partial charge in [-0.3, -0.25) is 19.2 Å². The SMILES string of the molecule is C=CCN1C(=O)[C@@]2(O[C@@H](CCn3cc(C(CO)c4ccccc4)nn3)[C@H]([Si](C)(C)c3ccc(OC)cc3)[C@H]2C)c2cc(N3C(=O)c4cccc5cccc3c45)ccc21. The quantitative estimate of drug-likeness (QED) is 0.100. The fraction of sp³-hybridized carbons (Fsp3) is 0.277. The molecule has 10 nitrogen and oxygen atoms in total. The van der Waals surface area contributed by atoms with Gasteiger partial charge in [-0.15, -0.1) is 11.7 Å². The molecule has 1 spiro atoms. The maximum absolute atomic E-state index is 15.2. The van der Waals surface area contributed by atoms with Crippen molar-refractivity contribution >= 4 is 52.9 Å². The smallest absolute Gasteiger partial charge is 0.264 e. The first-order valence-corrected chi connectivity index (χ1v) is 23.0. The number of rotatable bonds is 12. The van der Waals surface area contributed by atoms with Crippen LogP contribution in [0.2, 0.25) is 18.6 Å². The van der Waals surface area contributed by atoms with E-state index in [-0.39, 0.29) is 41.9 Å². The highest BCUT2D eigenvalue weighted by molar-refractivity contribution is 6.91. The third-order valence-electron chi connectivity index (χ3n) is 12.9. The van der Waals surface area contributed by atoms with E-state index < -0.39 is 13.7 Å². The fourth-order valence-electron chi connectivity index (χ4n) is 10.1. The first kappa shape index (κ1) is 37.7. The van der Waals surface area contributed by atoms with Crippen LogP contribution >= 0.6 is 0 Å². The second kappa shape index (κ2) is 14.5. The van der Waals surface area contributed by atoms with Crippen LogP contribution in [0.3, 0.4) is 0 Å². The highest BCUT2D eigenvalue weighted by Gasteiger charge is 2.66. The fourth-order valence-corrected chi connectivity index (χ4v) is 14.1. The van der Waals surface area contributed by atoms with Gasteiger partial charge < -0.3 is 19.5 Å². The van der Waals surface area contributed by atoms with E-state index in [4.69, 9.17) is 9.47 Å². The van der Waals surface area contributed by atoms with Crippen LogP contribution in [-0.4, -0.2) is 66.4 Å². The number of carbonyl (C=O) groups is 2. The molecule has 5 atom stereocenters. The topological polar surface area (TPSA) is 110 Å². The summed E-state index contributed by atoms with van der Waals surface area (Å²) in [5.74, 6) is 0.0394. The number of aliphatic hydroxyl groups excluding tert-OH is 1. The normalized spacial score (nSPS) is 21.6. The molecule has 1 unspecified atom stereocenters. The minimum Gasteiger partial charge on any atom is -0.497 e. The van der Waals surface area contributed by atoms with Crippen molar-refractivity contribution in [3.05, 3.63) is 150 Å². The number of ether oxygens (including phenoxy) is 2. The average molecular weight is 790 g/mol. The van der Waals surface area contributed by atoms with Crippen molar-refractivity contribution in [2.75, 3.05) is 30.1 Å². The van der Waals surface area contributed by atoms with Gasteiger partial charge in [0.1, 0.15) is 5.75 Å². The van der Waals surface area contributed by atoms with Crippen LogP contribution in [0, 0.1) is 5.92 Å². The number of hydrogen-bond donors (Lipinski definition) is 1. The van der Waals surface area contributed by atoms with Gasteiger partial charge in [0.2, 0.25) is 0 Å². The molecule has 1 aromatic heterocycles. The molecule has 58 heavy (non-hydrogen) atoms. The second-order valence-corrected chi connectivity index (χ2v) is 20.9. The van der Waals surface area contributed by atoms with Crippen LogP contribution < -0.4 is 19.7 Å². The molecule has 1 fully saturated rings. The first-order chi connectivity index (χ1) is 28.1. The van der Waals surface area contributed by atoms with Gasteiger partial charge in [0.25, 0.3) is 11.8 Å². The zero-order chi connectivity index (χ0) is 40.3. The monoisotopic (exact) mass is 789 g/mol. The summed E-state index contributed by atoms with van der Waals surface area (Å²) in [5.41, 5.74) is 4.05. The Labute approximate surface area is 339 Å². The Morgan fingerprint density at radius 2 is 1.72 bits per heavy atom. The molecule has 5 aromatic carbocycles. The molecule has 9 rings (SSSR count). The lowest BCUT2D eigenvalue weighted by molar-refractivity contribution is -0.145. The summed E-state index contributed by atoms with van der Waals surface area (Å²) in [6.45, 7) is 11.6. The Hall–Kier alpha value is -5.88. The van der Waals surface area contributed by atoms with E-state index in [0.717, 1.165) is 39.0 Å². The van der Waals surface area contributed by atoms with Crippen molar-refractivity contribution in [1.29, 1.82) is 0 Å². The van der Waals surface area contributed by atoms with Crippen LogP contribution in [0.1, 0.15) is 46.4 Å². The number of methoxy groups -OCH3 is 1. The number of fused-ring (bicyclic) bond motifs is 2. The first-order valence-electron chi connectivity index (χ1n) is 19.9. The van der Waals surface area contributed by atoms with Crippen molar-refractivity contribution in [2.45, 2.75) is 56.1 Å². The molecule has 3 aliphatic rings. The molecule has 0 saturated carbocycles. The number of nitrogens with zero attached hydrogens (tertiary/aromatic N) is 5. The number of hydrogen-bond acceptors (Lipinski definition) is 7. The van der Waals surface area contributed by atoms with Gasteiger partial charge in [-0.25, -0.2) is 0 Å². The van der Waals surface area contributed by atoms with Gasteiger partial charge in [-0.1, -0.05) is 103 Å². The van der Waals surface area contributed by atoms with E-state index in [2.05, 4.69) is 49.0 Å². The van der Waals surface area contributed by atoms with Gasteiger partial charge in [-0.2, -0.15) is 0 Å². The highest BCUT2D eigenvalue weighted by Crippen LogP contribution is 2.60. The molecule has 6 aromatic rings. The van der Waals surface area contributed by atoms with Crippen LogP contribution in [0.25, 0.3) is 10.8 Å². The largest absolute Gasteiger partial charge is 0.497 e. The molecule has 11 heteroatoms. The molecule has 0 aliphatic carbocycles. The van der Waals surface area contributed by atoms with Gasteiger partial charge >= 0.3 is 0 Å². The standard InChI is InChI=1S/C47H47N5O5Si/c1-6-25-51-40-23-18-33(52-41-17-11-15-32-14-10-16-36(43(32)41)45(52)54)27-38(40)47(46(51)55)30(2)44(58(4,5)35-21-19-34(56-3)20-22-35)42(57-47)24-26-50-28-39(48-49-50)37(29-53)31-12-8-7-9-13-31/h6-23,27-28,30,37,42,44,53H,1,24-26,29H2,2-5H3/t30-,37?,42+,44-,47+/m1/s1. The lowest BCUT2D eigenvalue weighted by Gasteiger charge is -2.37. The van der Waals surface area contributed by atoms with E-state index in [1.165, 1.54) is 5.19 Å². The minimum absolute atomic E-state index is 0.00560. The zero-order valence-corrected chi connectivity index (χ0v) is 34.2. The van der Waals surface area contributed by atoms with Crippen LogP contribution in [-0.2, 0) is 21.7 Å². The summed E-state index contributed by atoms with van der Waals surface area (Å²) in [6.07, 6.45) is 3.90. The molecule has 1 saturated heterocycles. The molecular formula is C47H47N5O5Si. The Kier molecular flexibility index (Phi) is 9.42. The molecule has 294 valence electrons. The number of amides is 2. The third-order valence-corrected chi connectivity index (χ3v) is 17.2. The summed E-state index contributed by atoms with van der Waals surface area (Å²) in [4.78, 5) is 32.9. The Balaban J connectivity index is 1.13. The van der Waals surface area contributed by atoms with Crippen molar-refractivity contribution in [2.24, 2.45) is 5.92 Å². The van der Waals surface area contributed by atoms with Crippen LogP contribution in [0.5, 0.6) is 5.75 Å². The second-order valence-electron chi connectivity index (χ2n) is 16.2. The molecule has 3 aliphatic heterocycles. The molecule has 2 amide bonds. The maximum Gasteiger partial charge on any atom is 0.264 e. The van der Waals surface area contributed by atoms with E-state index in [1.807, 2.05) is 108 Å². The van der Waals surface area contributed by atoms with Crippen molar-refractivity contribution in [1.82, 2.24) is 15.0 Å². The van der Waals surface area contributed by atoms with Crippen LogP contribution in [0.15, 0.2) is 128 Å². The molecular weight excluding hydrogens is 743 g/mol. The van der Waals surface area contributed by atoms with Crippen molar-refractivity contribution in [3.63, 3.8) is 0 Å². The predicted molar refractivity (Wildman–Crippen MR) is 229 cm³/mol. The van der Waals surface area contributed by atoms with E-state index in [9.17, 15) is 9.90 Å². The highest BCUT2D eigenvalue weighted by atomic mass is 28.3. The number of aliphatic hydroxyl groups is 1. The Morgan fingerprint density at radius 3 is 2.45 bits per heavy atom. The Morgan fingerprint density at radius 1 is 0.966 bits per heavy atom. The lowest BCUT2D eigenvalue weighted by Crippen LogP contribution is -2.52. The number of aryl methyl sites for hydroxylation is 1. The maximum atomic E-state index is 15.2. The van der Waals surface area contributed by atoms with Gasteiger partial charge in [0.05, 0.1) is 56.4 Å². The predicted octanol–water partition coefficient (Wildman–Crippen LogP) is 7.69. The zero-order valence-electron chi connectivity index (χ0n) is 33.2. The number of anilines is 3. The summed E-state index contributed by atoms with van der Waals surface area (Å²) < 4.78 is 14.8. The number of aromatic nitrogens is 3. The average Bonchev–Trinajstić information content (AvgIpc) is 3.97.